The third-order valence-corrected chi connectivity index (χ3v) is 5.15. The Hall–Kier alpha value is -1.92. The van der Waals surface area contributed by atoms with E-state index in [1.165, 1.54) is 0 Å². The average Bonchev–Trinajstić information content (AvgIpc) is 3.16. The molecule has 136 valence electrons. The molecule has 0 spiro atoms. The first-order valence-electron chi connectivity index (χ1n) is 9.23. The average molecular weight is 344 g/mol. The number of rotatable bonds is 5. The summed E-state index contributed by atoms with van der Waals surface area (Å²) in [7, 11) is 0. The first-order chi connectivity index (χ1) is 12.1. The van der Waals surface area contributed by atoms with Crippen LogP contribution in [0.4, 0.5) is 5.69 Å². The number of anilines is 1. The van der Waals surface area contributed by atoms with E-state index in [9.17, 15) is 9.59 Å². The van der Waals surface area contributed by atoms with Crippen molar-refractivity contribution >= 4 is 17.5 Å². The lowest BCUT2D eigenvalue weighted by atomic mass is 10.2. The highest BCUT2D eigenvalue weighted by molar-refractivity contribution is 5.92. The van der Waals surface area contributed by atoms with Gasteiger partial charge in [-0.2, -0.15) is 0 Å². The molecule has 0 bridgehead atoms. The molecule has 6 heteroatoms. The number of piperazine rings is 1. The van der Waals surface area contributed by atoms with Crippen molar-refractivity contribution < 1.29 is 9.59 Å². The van der Waals surface area contributed by atoms with Gasteiger partial charge in [-0.3, -0.25) is 19.4 Å². The summed E-state index contributed by atoms with van der Waals surface area (Å²) in [5.41, 5.74) is 0.830. The summed E-state index contributed by atoms with van der Waals surface area (Å²) in [6.45, 7) is 7.53. The zero-order valence-corrected chi connectivity index (χ0v) is 15.0. The molecule has 1 atom stereocenters. The van der Waals surface area contributed by atoms with Gasteiger partial charge in [-0.25, -0.2) is 0 Å². The number of hydrogen-bond acceptors (Lipinski definition) is 4. The number of nitrogens with one attached hydrogen (secondary N) is 1. The van der Waals surface area contributed by atoms with E-state index in [-0.39, 0.29) is 17.9 Å². The predicted octanol–water partition coefficient (Wildman–Crippen LogP) is 1.25. The van der Waals surface area contributed by atoms with Crippen molar-refractivity contribution in [2.24, 2.45) is 0 Å². The number of amides is 2. The third-order valence-electron chi connectivity index (χ3n) is 5.15. The van der Waals surface area contributed by atoms with Gasteiger partial charge >= 0.3 is 0 Å². The largest absolute Gasteiger partial charge is 0.341 e. The zero-order valence-electron chi connectivity index (χ0n) is 15.0. The standard InChI is InChI=1S/C19H28N4O2/c1-16(19(25)23-9-5-6-10-23)22-13-11-21(12-14-22)15-18(24)20-17-7-3-2-4-8-17/h2-4,7-8,16H,5-6,9-15H2,1H3,(H,20,24)/t16-/m0/s1. The molecule has 2 aliphatic heterocycles. The van der Waals surface area contributed by atoms with E-state index >= 15 is 0 Å². The Morgan fingerprint density at radius 3 is 2.28 bits per heavy atom. The molecular weight excluding hydrogens is 316 g/mol. The molecule has 6 nitrogen and oxygen atoms in total. The minimum absolute atomic E-state index is 0.0147. The van der Waals surface area contributed by atoms with Gasteiger partial charge in [0.2, 0.25) is 11.8 Å². The van der Waals surface area contributed by atoms with Crippen LogP contribution < -0.4 is 5.32 Å². The summed E-state index contributed by atoms with van der Waals surface area (Å²) >= 11 is 0. The molecule has 2 heterocycles. The number of nitrogens with zero attached hydrogens (tertiary/aromatic N) is 3. The number of carbonyl (C=O) groups excluding carboxylic acids is 2. The van der Waals surface area contributed by atoms with Crippen molar-refractivity contribution in [3.63, 3.8) is 0 Å². The van der Waals surface area contributed by atoms with Gasteiger partial charge in [-0.05, 0) is 31.9 Å². The Morgan fingerprint density at radius 2 is 1.64 bits per heavy atom. The molecule has 0 aliphatic carbocycles. The maximum Gasteiger partial charge on any atom is 0.239 e. The Balaban J connectivity index is 1.42. The van der Waals surface area contributed by atoms with Crippen LogP contribution in [0.5, 0.6) is 0 Å². The number of para-hydroxylation sites is 1. The SMILES string of the molecule is C[C@@H](C(=O)N1CCCC1)N1CCN(CC(=O)Nc2ccccc2)CC1. The first-order valence-corrected chi connectivity index (χ1v) is 9.23. The Kier molecular flexibility index (Phi) is 6.04. The van der Waals surface area contributed by atoms with Gasteiger partial charge in [0, 0.05) is 45.0 Å². The van der Waals surface area contributed by atoms with Crippen molar-refractivity contribution in [1.29, 1.82) is 0 Å². The molecule has 25 heavy (non-hydrogen) atoms. The summed E-state index contributed by atoms with van der Waals surface area (Å²) in [6.07, 6.45) is 2.26. The monoisotopic (exact) mass is 344 g/mol. The van der Waals surface area contributed by atoms with Crippen LogP contribution in [-0.2, 0) is 9.59 Å². The molecule has 2 amide bonds. The van der Waals surface area contributed by atoms with E-state index in [1.807, 2.05) is 42.2 Å². The van der Waals surface area contributed by atoms with Crippen molar-refractivity contribution in [3.05, 3.63) is 30.3 Å². The molecule has 0 unspecified atom stereocenters. The van der Waals surface area contributed by atoms with E-state index in [2.05, 4.69) is 15.1 Å². The van der Waals surface area contributed by atoms with Crippen LogP contribution in [0.25, 0.3) is 0 Å². The number of likely N-dealkylation sites (tertiary alicyclic amines) is 1. The van der Waals surface area contributed by atoms with E-state index in [0.717, 1.165) is 57.8 Å². The molecule has 0 aromatic heterocycles. The van der Waals surface area contributed by atoms with Crippen LogP contribution in [0, 0.1) is 0 Å². The van der Waals surface area contributed by atoms with Gasteiger partial charge < -0.3 is 10.2 Å². The van der Waals surface area contributed by atoms with E-state index < -0.39 is 0 Å². The van der Waals surface area contributed by atoms with E-state index in [1.54, 1.807) is 0 Å². The summed E-state index contributed by atoms with van der Waals surface area (Å²) in [4.78, 5) is 31.1. The van der Waals surface area contributed by atoms with Crippen LogP contribution >= 0.6 is 0 Å². The molecule has 0 radical (unpaired) electrons. The first kappa shape index (κ1) is 17.9. The van der Waals surface area contributed by atoms with Crippen LogP contribution in [0.3, 0.4) is 0 Å². The topological polar surface area (TPSA) is 55.9 Å². The predicted molar refractivity (Wildman–Crippen MR) is 98.4 cm³/mol. The second-order valence-corrected chi connectivity index (χ2v) is 6.93. The van der Waals surface area contributed by atoms with Crippen LogP contribution in [0.1, 0.15) is 19.8 Å². The maximum absolute atomic E-state index is 12.5. The summed E-state index contributed by atoms with van der Waals surface area (Å²) in [5, 5.41) is 2.92. The van der Waals surface area contributed by atoms with Crippen LogP contribution in [-0.4, -0.2) is 78.4 Å². The van der Waals surface area contributed by atoms with Crippen molar-refractivity contribution in [2.75, 3.05) is 51.1 Å². The Labute approximate surface area is 149 Å². The van der Waals surface area contributed by atoms with Crippen molar-refractivity contribution in [3.8, 4) is 0 Å². The molecule has 2 fully saturated rings. The molecule has 1 N–H and O–H groups in total. The second kappa shape index (κ2) is 8.45. The van der Waals surface area contributed by atoms with Crippen molar-refractivity contribution in [1.82, 2.24) is 14.7 Å². The Bertz CT molecular complexity index is 578. The van der Waals surface area contributed by atoms with Crippen LogP contribution in [0.15, 0.2) is 30.3 Å². The summed E-state index contributed by atoms with van der Waals surface area (Å²) in [5.74, 6) is 0.272. The third kappa shape index (κ3) is 4.80. The normalized spacial score (nSPS) is 20.4. The van der Waals surface area contributed by atoms with Gasteiger partial charge in [-0.15, -0.1) is 0 Å². The van der Waals surface area contributed by atoms with Gasteiger partial charge in [0.25, 0.3) is 0 Å². The fourth-order valence-corrected chi connectivity index (χ4v) is 3.59. The molecule has 2 aliphatic rings. The van der Waals surface area contributed by atoms with Gasteiger partial charge in [0.05, 0.1) is 12.6 Å². The lowest BCUT2D eigenvalue weighted by Gasteiger charge is -2.38. The highest BCUT2D eigenvalue weighted by Crippen LogP contribution is 2.14. The molecule has 2 saturated heterocycles. The highest BCUT2D eigenvalue weighted by atomic mass is 16.2. The lowest BCUT2D eigenvalue weighted by molar-refractivity contribution is -0.136. The van der Waals surface area contributed by atoms with E-state index in [0.29, 0.717) is 6.54 Å². The molecule has 1 aromatic rings. The van der Waals surface area contributed by atoms with Gasteiger partial charge in [-0.1, -0.05) is 18.2 Å². The number of carbonyl (C=O) groups is 2. The lowest BCUT2D eigenvalue weighted by Crippen LogP contribution is -2.55. The fourth-order valence-electron chi connectivity index (χ4n) is 3.59. The molecule has 1 aromatic carbocycles. The molecule has 0 saturated carbocycles. The van der Waals surface area contributed by atoms with Crippen LogP contribution in [0.2, 0.25) is 0 Å². The molecule has 3 rings (SSSR count). The quantitative estimate of drug-likeness (QED) is 0.874. The smallest absolute Gasteiger partial charge is 0.239 e. The van der Waals surface area contributed by atoms with Gasteiger partial charge in [0.15, 0.2) is 0 Å². The minimum Gasteiger partial charge on any atom is -0.341 e. The number of benzene rings is 1. The second-order valence-electron chi connectivity index (χ2n) is 6.93. The summed E-state index contributed by atoms with van der Waals surface area (Å²) < 4.78 is 0. The van der Waals surface area contributed by atoms with Gasteiger partial charge in [0.1, 0.15) is 0 Å². The minimum atomic E-state index is -0.0570. The fraction of sp³-hybridized carbons (Fsp3) is 0.579. The number of hydrogen-bond donors (Lipinski definition) is 1. The molecular formula is C19H28N4O2. The summed E-state index contributed by atoms with van der Waals surface area (Å²) in [6, 6.07) is 9.47. The van der Waals surface area contributed by atoms with Crippen molar-refractivity contribution in [2.45, 2.75) is 25.8 Å². The zero-order chi connectivity index (χ0) is 17.6. The van der Waals surface area contributed by atoms with E-state index in [4.69, 9.17) is 0 Å². The maximum atomic E-state index is 12.5. The highest BCUT2D eigenvalue weighted by Gasteiger charge is 2.30. The Morgan fingerprint density at radius 1 is 1.00 bits per heavy atom.